The van der Waals surface area contributed by atoms with Gasteiger partial charge in [-0.15, -0.1) is 11.3 Å². The van der Waals surface area contributed by atoms with E-state index in [2.05, 4.69) is 83.3 Å². The molecule has 0 aliphatic heterocycles. The van der Waals surface area contributed by atoms with Gasteiger partial charge in [0.1, 0.15) is 0 Å². The number of thiophene rings is 1. The predicted molar refractivity (Wildman–Crippen MR) is 105 cm³/mol. The van der Waals surface area contributed by atoms with E-state index in [4.69, 9.17) is 0 Å². The van der Waals surface area contributed by atoms with E-state index in [1.54, 1.807) is 11.3 Å². The number of benzene rings is 1. The van der Waals surface area contributed by atoms with E-state index in [0.717, 1.165) is 25.5 Å². The van der Waals surface area contributed by atoms with Crippen molar-refractivity contribution in [2.24, 2.45) is 4.99 Å². The first-order chi connectivity index (χ1) is 11.6. The van der Waals surface area contributed by atoms with Crippen LogP contribution in [0.15, 0.2) is 46.8 Å². The number of nitrogens with one attached hydrogen (secondary N) is 2. The molecule has 24 heavy (non-hydrogen) atoms. The first-order valence-electron chi connectivity index (χ1n) is 8.36. The molecule has 2 N–H and O–H groups in total. The molecule has 1 heterocycles. The van der Waals surface area contributed by atoms with Crippen LogP contribution in [0.4, 0.5) is 0 Å². The lowest BCUT2D eigenvalue weighted by molar-refractivity contribution is 0.298. The van der Waals surface area contributed by atoms with Gasteiger partial charge < -0.3 is 15.5 Å². The normalized spacial score (nSPS) is 13.1. The largest absolute Gasteiger partial charge is 0.354 e. The molecule has 0 aliphatic carbocycles. The van der Waals surface area contributed by atoms with Crippen LogP contribution in [-0.2, 0) is 13.0 Å². The number of likely N-dealkylation sites (N-methyl/N-ethyl adjacent to an activating group) is 1. The van der Waals surface area contributed by atoms with Gasteiger partial charge in [0.2, 0.25) is 0 Å². The van der Waals surface area contributed by atoms with Gasteiger partial charge in [0, 0.05) is 18.5 Å². The van der Waals surface area contributed by atoms with Crippen LogP contribution >= 0.6 is 11.3 Å². The maximum Gasteiger partial charge on any atom is 0.191 e. The summed E-state index contributed by atoms with van der Waals surface area (Å²) in [5.41, 5.74) is 2.69. The number of guanidine groups is 1. The van der Waals surface area contributed by atoms with E-state index in [1.165, 1.54) is 16.0 Å². The van der Waals surface area contributed by atoms with Crippen molar-refractivity contribution in [2.45, 2.75) is 25.9 Å². The molecule has 0 aliphatic rings. The number of nitrogens with zero attached hydrogens (tertiary/aromatic N) is 2. The molecule has 1 aromatic carbocycles. The Morgan fingerprint density at radius 2 is 1.92 bits per heavy atom. The number of rotatable bonds is 7. The zero-order valence-electron chi connectivity index (χ0n) is 15.0. The van der Waals surface area contributed by atoms with Gasteiger partial charge >= 0.3 is 0 Å². The smallest absolute Gasteiger partial charge is 0.191 e. The summed E-state index contributed by atoms with van der Waals surface area (Å²) in [6.45, 7) is 3.79. The van der Waals surface area contributed by atoms with Gasteiger partial charge in [-0.25, -0.2) is 0 Å². The molecule has 0 saturated carbocycles. The van der Waals surface area contributed by atoms with Gasteiger partial charge in [0.15, 0.2) is 5.96 Å². The SMILES string of the molecule is CCc1ccc(C(CNC(=NC)NCc2cccs2)N(C)C)cc1. The van der Waals surface area contributed by atoms with E-state index in [-0.39, 0.29) is 0 Å². The Morgan fingerprint density at radius 1 is 1.17 bits per heavy atom. The number of hydrogen-bond donors (Lipinski definition) is 2. The molecule has 0 saturated heterocycles. The maximum absolute atomic E-state index is 4.32. The molecule has 2 rings (SSSR count). The molecule has 0 bridgehead atoms. The summed E-state index contributed by atoms with van der Waals surface area (Å²) in [4.78, 5) is 7.86. The molecule has 1 unspecified atom stereocenters. The van der Waals surface area contributed by atoms with Crippen molar-refractivity contribution in [1.82, 2.24) is 15.5 Å². The lowest BCUT2D eigenvalue weighted by Crippen LogP contribution is -2.41. The summed E-state index contributed by atoms with van der Waals surface area (Å²) >= 11 is 1.75. The Balaban J connectivity index is 1.93. The molecule has 130 valence electrons. The van der Waals surface area contributed by atoms with E-state index in [0.29, 0.717) is 6.04 Å². The van der Waals surface area contributed by atoms with E-state index in [9.17, 15) is 0 Å². The van der Waals surface area contributed by atoms with Crippen molar-refractivity contribution in [3.8, 4) is 0 Å². The fourth-order valence-electron chi connectivity index (χ4n) is 2.57. The van der Waals surface area contributed by atoms with Gasteiger partial charge in [0.05, 0.1) is 12.6 Å². The zero-order valence-corrected chi connectivity index (χ0v) is 15.9. The summed E-state index contributed by atoms with van der Waals surface area (Å²) in [7, 11) is 6.04. The fraction of sp³-hybridized carbons (Fsp3) is 0.421. The Kier molecular flexibility index (Phi) is 7.28. The van der Waals surface area contributed by atoms with E-state index in [1.807, 2.05) is 7.05 Å². The van der Waals surface area contributed by atoms with Crippen molar-refractivity contribution in [1.29, 1.82) is 0 Å². The lowest BCUT2D eigenvalue weighted by Gasteiger charge is -2.26. The molecular weight excluding hydrogens is 316 g/mol. The summed E-state index contributed by atoms with van der Waals surface area (Å²) in [5, 5.41) is 8.90. The average molecular weight is 345 g/mol. The molecular formula is C19H28N4S. The molecule has 1 atom stereocenters. The van der Waals surface area contributed by atoms with Crippen molar-refractivity contribution >= 4 is 17.3 Å². The minimum Gasteiger partial charge on any atom is -0.354 e. The lowest BCUT2D eigenvalue weighted by atomic mass is 10.0. The standard InChI is InChI=1S/C19H28N4S/c1-5-15-8-10-16(11-9-15)18(23(3)4)14-22-19(20-2)21-13-17-7-6-12-24-17/h6-12,18H,5,13-14H2,1-4H3,(H2,20,21,22). The third-order valence-corrected chi connectivity index (χ3v) is 4.97. The molecule has 2 aromatic rings. The van der Waals surface area contributed by atoms with Crippen LogP contribution in [0.3, 0.4) is 0 Å². The first kappa shape index (κ1) is 18.5. The molecule has 0 radical (unpaired) electrons. The van der Waals surface area contributed by atoms with Gasteiger partial charge in [-0.1, -0.05) is 37.3 Å². The van der Waals surface area contributed by atoms with Gasteiger partial charge in [0.25, 0.3) is 0 Å². The second kappa shape index (κ2) is 9.45. The van der Waals surface area contributed by atoms with Crippen LogP contribution in [0.25, 0.3) is 0 Å². The van der Waals surface area contributed by atoms with Crippen LogP contribution < -0.4 is 10.6 Å². The number of aryl methyl sites for hydroxylation is 1. The van der Waals surface area contributed by atoms with Crippen LogP contribution in [0, 0.1) is 0 Å². The Hall–Kier alpha value is -1.85. The van der Waals surface area contributed by atoms with Crippen LogP contribution in [0.5, 0.6) is 0 Å². The van der Waals surface area contributed by atoms with Crippen molar-refractivity contribution in [2.75, 3.05) is 27.7 Å². The van der Waals surface area contributed by atoms with Crippen LogP contribution in [0.1, 0.15) is 29.0 Å². The van der Waals surface area contributed by atoms with Crippen molar-refractivity contribution in [3.63, 3.8) is 0 Å². The highest BCUT2D eigenvalue weighted by molar-refractivity contribution is 7.09. The summed E-state index contributed by atoms with van der Waals surface area (Å²) in [5.74, 6) is 0.834. The fourth-order valence-corrected chi connectivity index (χ4v) is 3.22. The highest BCUT2D eigenvalue weighted by Gasteiger charge is 2.14. The highest BCUT2D eigenvalue weighted by atomic mass is 32.1. The number of hydrogen-bond acceptors (Lipinski definition) is 3. The number of aliphatic imine (C=N–C) groups is 1. The third kappa shape index (κ3) is 5.35. The van der Waals surface area contributed by atoms with Crippen molar-refractivity contribution in [3.05, 3.63) is 57.8 Å². The quantitative estimate of drug-likeness (QED) is 0.598. The Morgan fingerprint density at radius 3 is 2.46 bits per heavy atom. The van der Waals surface area contributed by atoms with Gasteiger partial charge in [-0.05, 0) is 43.1 Å². The van der Waals surface area contributed by atoms with Crippen LogP contribution in [-0.4, -0.2) is 38.5 Å². The molecule has 4 nitrogen and oxygen atoms in total. The predicted octanol–water partition coefficient (Wildman–Crippen LogP) is 3.28. The van der Waals surface area contributed by atoms with Crippen molar-refractivity contribution < 1.29 is 0 Å². The highest BCUT2D eigenvalue weighted by Crippen LogP contribution is 2.18. The molecule has 1 aromatic heterocycles. The molecule has 0 fully saturated rings. The molecule has 0 spiro atoms. The maximum atomic E-state index is 4.32. The Bertz CT molecular complexity index is 617. The second-order valence-corrected chi connectivity index (χ2v) is 6.99. The van der Waals surface area contributed by atoms with E-state index < -0.39 is 0 Å². The first-order valence-corrected chi connectivity index (χ1v) is 9.24. The minimum absolute atomic E-state index is 0.302. The Labute approximate surface area is 149 Å². The van der Waals surface area contributed by atoms with E-state index >= 15 is 0 Å². The van der Waals surface area contributed by atoms with Crippen LogP contribution in [0.2, 0.25) is 0 Å². The monoisotopic (exact) mass is 344 g/mol. The third-order valence-electron chi connectivity index (χ3n) is 4.09. The molecule has 5 heteroatoms. The summed E-state index contributed by atoms with van der Waals surface area (Å²) in [6.07, 6.45) is 1.07. The topological polar surface area (TPSA) is 39.7 Å². The van der Waals surface area contributed by atoms with Gasteiger partial charge in [-0.3, -0.25) is 4.99 Å². The molecule has 0 amide bonds. The zero-order chi connectivity index (χ0) is 17.4. The minimum atomic E-state index is 0.302. The summed E-state index contributed by atoms with van der Waals surface area (Å²) in [6, 6.07) is 13.4. The second-order valence-electron chi connectivity index (χ2n) is 5.96. The van der Waals surface area contributed by atoms with Gasteiger partial charge in [-0.2, -0.15) is 0 Å². The summed E-state index contributed by atoms with van der Waals surface area (Å²) < 4.78 is 0. The average Bonchev–Trinajstić information content (AvgIpc) is 3.11.